The van der Waals surface area contributed by atoms with E-state index in [0.717, 1.165) is 11.1 Å². The Labute approximate surface area is 170 Å². The summed E-state index contributed by atoms with van der Waals surface area (Å²) in [4.78, 5) is 28.9. The number of likely N-dealkylation sites (N-methyl/N-ethyl adjacent to an activating group) is 1. The van der Waals surface area contributed by atoms with Gasteiger partial charge in [0, 0.05) is 26.6 Å². The third-order valence-corrected chi connectivity index (χ3v) is 6.23. The normalized spacial score (nSPS) is 24.3. The predicted octanol–water partition coefficient (Wildman–Crippen LogP) is 2.74. The van der Waals surface area contributed by atoms with Gasteiger partial charge in [0.1, 0.15) is 18.5 Å². The van der Waals surface area contributed by atoms with Crippen molar-refractivity contribution in [1.29, 1.82) is 0 Å². The van der Waals surface area contributed by atoms with Gasteiger partial charge in [0.25, 0.3) is 0 Å². The highest BCUT2D eigenvalue weighted by atomic mass is 19.1. The Bertz CT molecular complexity index is 887. The summed E-state index contributed by atoms with van der Waals surface area (Å²) in [7, 11) is 1.83. The lowest BCUT2D eigenvalue weighted by Crippen LogP contribution is -2.67. The quantitative estimate of drug-likeness (QED) is 0.799. The van der Waals surface area contributed by atoms with Gasteiger partial charge in [-0.2, -0.15) is 0 Å². The number of rotatable bonds is 4. The second-order valence-corrected chi connectivity index (χ2v) is 7.76. The molecule has 152 valence electrons. The van der Waals surface area contributed by atoms with Crippen LogP contribution in [0.1, 0.15) is 24.0 Å². The number of carbonyl (C=O) groups excluding carboxylic acids is 2. The molecule has 4 rings (SSSR count). The number of likely N-dealkylation sites (tertiary alicyclic amines) is 1. The first-order valence-electron chi connectivity index (χ1n) is 9.97. The van der Waals surface area contributed by atoms with Crippen LogP contribution in [0.2, 0.25) is 0 Å². The number of fused-ring (bicyclic) bond motifs is 1. The Morgan fingerprint density at radius 2 is 1.90 bits per heavy atom. The second-order valence-electron chi connectivity index (χ2n) is 7.76. The summed E-state index contributed by atoms with van der Waals surface area (Å²) >= 11 is 0. The molecule has 0 saturated carbocycles. The number of halogens is 1. The van der Waals surface area contributed by atoms with E-state index in [1.54, 1.807) is 17.0 Å². The first-order chi connectivity index (χ1) is 14.0. The molecule has 2 amide bonds. The number of benzene rings is 2. The smallest absolute Gasteiger partial charge is 0.249 e. The molecule has 5 nitrogen and oxygen atoms in total. The van der Waals surface area contributed by atoms with Crippen LogP contribution in [0.4, 0.5) is 4.39 Å². The number of piperidine rings is 1. The predicted molar refractivity (Wildman–Crippen MR) is 107 cm³/mol. The van der Waals surface area contributed by atoms with Crippen LogP contribution in [0.5, 0.6) is 0 Å². The first kappa shape index (κ1) is 19.6. The van der Waals surface area contributed by atoms with Gasteiger partial charge in [-0.25, -0.2) is 4.39 Å². The number of hydrogen-bond donors (Lipinski definition) is 0. The summed E-state index contributed by atoms with van der Waals surface area (Å²) in [5, 5.41) is 0. The van der Waals surface area contributed by atoms with Crippen LogP contribution < -0.4 is 0 Å². The lowest BCUT2D eigenvalue weighted by molar-refractivity contribution is -0.184. The summed E-state index contributed by atoms with van der Waals surface area (Å²) in [6.07, 6.45) is 1.30. The molecular weight excluding hydrogens is 371 g/mol. The molecule has 0 radical (unpaired) electrons. The maximum atomic E-state index is 13.1. The van der Waals surface area contributed by atoms with Gasteiger partial charge < -0.3 is 14.5 Å². The number of nitrogens with zero attached hydrogens (tertiary/aromatic N) is 2. The Hall–Kier alpha value is -2.73. The van der Waals surface area contributed by atoms with Crippen molar-refractivity contribution in [1.82, 2.24) is 9.80 Å². The van der Waals surface area contributed by atoms with Crippen molar-refractivity contribution >= 4 is 11.8 Å². The van der Waals surface area contributed by atoms with E-state index in [0.29, 0.717) is 32.4 Å². The van der Waals surface area contributed by atoms with Crippen molar-refractivity contribution in [2.75, 3.05) is 26.7 Å². The Morgan fingerprint density at radius 1 is 1.17 bits per heavy atom. The summed E-state index contributed by atoms with van der Waals surface area (Å²) < 4.78 is 19.0. The number of carbonyl (C=O) groups is 2. The second kappa shape index (κ2) is 7.95. The molecule has 6 heteroatoms. The lowest BCUT2D eigenvalue weighted by atomic mass is 9.76. The van der Waals surface area contributed by atoms with E-state index in [-0.39, 0.29) is 30.3 Å². The van der Waals surface area contributed by atoms with Crippen LogP contribution in [0.25, 0.3) is 0 Å². The zero-order chi connectivity index (χ0) is 20.4. The summed E-state index contributed by atoms with van der Waals surface area (Å²) in [5.41, 5.74) is 1.43. The van der Waals surface area contributed by atoms with Gasteiger partial charge in [0.15, 0.2) is 0 Å². The van der Waals surface area contributed by atoms with Crippen molar-refractivity contribution in [2.24, 2.45) is 0 Å². The fraction of sp³-hybridized carbons (Fsp3) is 0.391. The molecule has 29 heavy (non-hydrogen) atoms. The number of morpholine rings is 1. The molecule has 2 aromatic rings. The van der Waals surface area contributed by atoms with Gasteiger partial charge in [0.2, 0.25) is 11.8 Å². The van der Waals surface area contributed by atoms with E-state index >= 15 is 0 Å². The average molecular weight is 396 g/mol. The van der Waals surface area contributed by atoms with Gasteiger partial charge in [-0.1, -0.05) is 42.5 Å². The molecule has 2 aliphatic rings. The van der Waals surface area contributed by atoms with Crippen LogP contribution in [0.15, 0.2) is 54.6 Å². The third kappa shape index (κ3) is 3.65. The largest absolute Gasteiger partial charge is 0.364 e. The summed E-state index contributed by atoms with van der Waals surface area (Å²) in [6, 6.07) is 16.2. The fourth-order valence-corrected chi connectivity index (χ4v) is 4.51. The zero-order valence-corrected chi connectivity index (χ0v) is 16.5. The summed E-state index contributed by atoms with van der Waals surface area (Å²) in [5.74, 6) is -0.262. The molecule has 0 aromatic heterocycles. The molecule has 0 N–H and O–H groups in total. The lowest BCUT2D eigenvalue weighted by Gasteiger charge is -2.54. The zero-order valence-electron chi connectivity index (χ0n) is 16.5. The first-order valence-corrected chi connectivity index (χ1v) is 9.97. The van der Waals surface area contributed by atoms with E-state index in [2.05, 4.69) is 0 Å². The van der Waals surface area contributed by atoms with Crippen LogP contribution in [-0.4, -0.2) is 54.5 Å². The fourth-order valence-electron chi connectivity index (χ4n) is 4.51. The minimum atomic E-state index is -0.551. The third-order valence-electron chi connectivity index (χ3n) is 6.23. The van der Waals surface area contributed by atoms with E-state index in [1.807, 2.05) is 42.3 Å². The van der Waals surface area contributed by atoms with Crippen molar-refractivity contribution < 1.29 is 18.7 Å². The van der Waals surface area contributed by atoms with Crippen molar-refractivity contribution in [3.8, 4) is 0 Å². The monoisotopic (exact) mass is 396 g/mol. The highest BCUT2D eigenvalue weighted by Gasteiger charge is 2.53. The maximum absolute atomic E-state index is 13.1. The van der Waals surface area contributed by atoms with Crippen molar-refractivity contribution in [2.45, 2.75) is 30.9 Å². The van der Waals surface area contributed by atoms with Crippen molar-refractivity contribution in [3.05, 3.63) is 71.5 Å². The number of amides is 2. The van der Waals surface area contributed by atoms with Crippen LogP contribution >= 0.6 is 0 Å². The van der Waals surface area contributed by atoms with E-state index in [1.165, 1.54) is 12.1 Å². The number of ether oxygens (including phenoxy) is 1. The summed E-state index contributed by atoms with van der Waals surface area (Å²) in [6.45, 7) is 1.05. The highest BCUT2D eigenvalue weighted by molar-refractivity contribution is 5.80. The Balaban J connectivity index is 1.49. The van der Waals surface area contributed by atoms with Gasteiger partial charge in [-0.15, -0.1) is 0 Å². The molecule has 2 aromatic carbocycles. The van der Waals surface area contributed by atoms with Gasteiger partial charge in [-0.3, -0.25) is 9.59 Å². The average Bonchev–Trinajstić information content (AvgIpc) is 2.76. The van der Waals surface area contributed by atoms with E-state index in [4.69, 9.17) is 4.74 Å². The van der Waals surface area contributed by atoms with Gasteiger partial charge in [-0.05, 0) is 36.1 Å². The molecule has 0 bridgehead atoms. The molecule has 2 atom stereocenters. The molecule has 0 aliphatic carbocycles. The molecule has 2 fully saturated rings. The highest BCUT2D eigenvalue weighted by Crippen LogP contribution is 2.42. The van der Waals surface area contributed by atoms with Crippen LogP contribution in [-0.2, 0) is 26.3 Å². The molecule has 0 unspecified atom stereocenters. The Morgan fingerprint density at radius 3 is 2.62 bits per heavy atom. The standard InChI is InChI=1S/C23H25FN2O3/c1-25-22(28)16-29-20-15-26(14-13-23(20,25)18-5-3-2-4-6-18)21(27)12-9-17-7-10-19(24)11-8-17/h2-8,10-11,20H,9,12-16H2,1H3/t20-,23+/m1/s1. The van der Waals surface area contributed by atoms with Crippen LogP contribution in [0, 0.1) is 5.82 Å². The maximum Gasteiger partial charge on any atom is 0.249 e. The van der Waals surface area contributed by atoms with E-state index < -0.39 is 5.54 Å². The van der Waals surface area contributed by atoms with E-state index in [9.17, 15) is 14.0 Å². The molecule has 2 heterocycles. The molecular formula is C23H25FN2O3. The number of aryl methyl sites for hydroxylation is 1. The van der Waals surface area contributed by atoms with Gasteiger partial charge >= 0.3 is 0 Å². The molecule has 2 saturated heterocycles. The SMILES string of the molecule is CN1C(=O)CO[C@@H]2CN(C(=O)CCc3ccc(F)cc3)CC[C@]21c1ccccc1. The van der Waals surface area contributed by atoms with Crippen molar-refractivity contribution in [3.63, 3.8) is 0 Å². The Kier molecular flexibility index (Phi) is 5.37. The minimum Gasteiger partial charge on any atom is -0.364 e. The molecule has 0 spiro atoms. The van der Waals surface area contributed by atoms with Crippen LogP contribution in [0.3, 0.4) is 0 Å². The molecule has 2 aliphatic heterocycles. The van der Waals surface area contributed by atoms with Gasteiger partial charge in [0.05, 0.1) is 5.54 Å². The minimum absolute atomic E-state index is 0.0351. The number of hydrogen-bond acceptors (Lipinski definition) is 3. The topological polar surface area (TPSA) is 49.9 Å².